The number of hydrogen-bond donors (Lipinski definition) is 2. The van der Waals surface area contributed by atoms with Crippen molar-refractivity contribution in [3.05, 3.63) is 41.0 Å². The van der Waals surface area contributed by atoms with E-state index in [1.807, 2.05) is 31.2 Å². The highest BCUT2D eigenvalue weighted by Gasteiger charge is 2.56. The average Bonchev–Trinajstić information content (AvgIpc) is 3.65. The molecule has 4 heterocycles. The molecule has 1 aliphatic carbocycles. The number of esters is 1. The van der Waals surface area contributed by atoms with Gasteiger partial charge in [0.25, 0.3) is 0 Å². The maximum atomic E-state index is 13.5. The van der Waals surface area contributed by atoms with Gasteiger partial charge in [0.15, 0.2) is 35.6 Å². The van der Waals surface area contributed by atoms with Crippen LogP contribution in [0.1, 0.15) is 42.6 Å². The molecule has 0 radical (unpaired) electrons. The topological polar surface area (TPSA) is 150 Å². The molecule has 3 saturated heterocycles. The van der Waals surface area contributed by atoms with E-state index >= 15 is 0 Å². The van der Waals surface area contributed by atoms with Crippen LogP contribution in [0.3, 0.4) is 0 Å². The third-order valence-corrected chi connectivity index (χ3v) is 9.02. The predicted octanol–water partition coefficient (Wildman–Crippen LogP) is 2.03. The van der Waals surface area contributed by atoms with Crippen LogP contribution < -0.4 is 23.7 Å². The van der Waals surface area contributed by atoms with Gasteiger partial charge in [0, 0.05) is 11.8 Å². The molecule has 2 unspecified atom stereocenters. The molecule has 5 aliphatic rings. The van der Waals surface area contributed by atoms with Crippen molar-refractivity contribution in [2.45, 2.75) is 62.9 Å². The Morgan fingerprint density at radius 1 is 0.909 bits per heavy atom. The Kier molecular flexibility index (Phi) is 7.71. The second kappa shape index (κ2) is 11.5. The summed E-state index contributed by atoms with van der Waals surface area (Å²) in [5, 5.41) is 22.1. The summed E-state index contributed by atoms with van der Waals surface area (Å²) in [6, 6.07) is 7.36. The van der Waals surface area contributed by atoms with Gasteiger partial charge >= 0.3 is 5.97 Å². The normalized spacial score (nSPS) is 35.3. The van der Waals surface area contributed by atoms with E-state index in [2.05, 4.69) is 0 Å². The van der Waals surface area contributed by atoms with Gasteiger partial charge in [-0.1, -0.05) is 0 Å². The zero-order chi connectivity index (χ0) is 30.7. The zero-order valence-corrected chi connectivity index (χ0v) is 24.8. The number of cyclic esters (lactones) is 1. The minimum atomic E-state index is -1.42. The van der Waals surface area contributed by atoms with Gasteiger partial charge in [0.2, 0.25) is 12.5 Å². The number of methoxy groups -OCH3 is 2. The Hall–Kier alpha value is -3.33. The lowest BCUT2D eigenvalue weighted by Gasteiger charge is -2.47. The molecule has 0 saturated carbocycles. The Bertz CT molecular complexity index is 1390. The molecule has 3 fully saturated rings. The second-order valence-corrected chi connectivity index (χ2v) is 11.4. The molecule has 44 heavy (non-hydrogen) atoms. The molecular formula is C31H36O13. The van der Waals surface area contributed by atoms with Gasteiger partial charge in [-0.3, -0.25) is 4.79 Å². The summed E-state index contributed by atoms with van der Waals surface area (Å²) in [4.78, 5) is 13.5. The third-order valence-electron chi connectivity index (χ3n) is 9.02. The van der Waals surface area contributed by atoms with Crippen LogP contribution in [0.2, 0.25) is 0 Å². The minimum Gasteiger partial charge on any atom is -0.493 e. The fourth-order valence-corrected chi connectivity index (χ4v) is 7.01. The van der Waals surface area contributed by atoms with Crippen molar-refractivity contribution in [1.82, 2.24) is 0 Å². The summed E-state index contributed by atoms with van der Waals surface area (Å²) >= 11 is 0. The number of hydrogen-bond acceptors (Lipinski definition) is 13. The van der Waals surface area contributed by atoms with E-state index in [0.717, 1.165) is 11.1 Å². The molecular weight excluding hydrogens is 580 g/mol. The maximum Gasteiger partial charge on any atom is 0.310 e. The van der Waals surface area contributed by atoms with Crippen LogP contribution in [0.25, 0.3) is 0 Å². The number of carbonyl (C=O) groups excluding carboxylic acids is 1. The summed E-state index contributed by atoms with van der Waals surface area (Å²) < 4.78 is 58.2. The van der Waals surface area contributed by atoms with E-state index in [9.17, 15) is 15.0 Å². The standard InChI is InChI=1S/C31H36O13/c1-5-37-28-20(35-3)6-14(7-21(28)36-4)23-15-8-18-19(41-12-40-18)9-16(15)27(17-10-39-30(34)24(17)23)44-31-26(33)25(32)29-22(43-31)11-38-13(2)42-29/h6-9,13,17,22-27,29,31-33H,5,10-12H2,1-4H3/t13-,17+,22-,23-,24+,25-,26-,27?,29-,31?/m1/s1. The third kappa shape index (κ3) is 4.73. The number of benzene rings is 2. The molecule has 10 atom stereocenters. The molecule has 13 nitrogen and oxygen atoms in total. The van der Waals surface area contributed by atoms with Crippen molar-refractivity contribution < 1.29 is 62.4 Å². The first-order valence-corrected chi connectivity index (χ1v) is 14.8. The average molecular weight is 617 g/mol. The van der Waals surface area contributed by atoms with Crippen molar-refractivity contribution in [3.8, 4) is 28.7 Å². The molecule has 0 bridgehead atoms. The van der Waals surface area contributed by atoms with Crippen LogP contribution in [0.4, 0.5) is 0 Å². The molecule has 0 aromatic heterocycles. The van der Waals surface area contributed by atoms with E-state index < -0.39 is 66.8 Å². The van der Waals surface area contributed by atoms with E-state index in [1.165, 1.54) is 0 Å². The highest BCUT2D eigenvalue weighted by molar-refractivity contribution is 5.79. The van der Waals surface area contributed by atoms with E-state index in [1.54, 1.807) is 21.1 Å². The van der Waals surface area contributed by atoms with Gasteiger partial charge < -0.3 is 57.6 Å². The Morgan fingerprint density at radius 3 is 2.30 bits per heavy atom. The quantitative estimate of drug-likeness (QED) is 0.437. The Balaban J connectivity index is 1.32. The number of fused-ring (bicyclic) bond motifs is 4. The van der Waals surface area contributed by atoms with Crippen molar-refractivity contribution in [2.24, 2.45) is 11.8 Å². The number of ether oxygens (including phenoxy) is 10. The Morgan fingerprint density at radius 2 is 1.61 bits per heavy atom. The van der Waals surface area contributed by atoms with Gasteiger partial charge in [0.1, 0.15) is 24.4 Å². The van der Waals surface area contributed by atoms with Gasteiger partial charge in [-0.15, -0.1) is 0 Å². The van der Waals surface area contributed by atoms with Crippen LogP contribution in [-0.4, -0.2) is 94.0 Å². The second-order valence-electron chi connectivity index (χ2n) is 11.4. The SMILES string of the molecule is CCOc1c(OC)cc([C@@H]2c3cc4c(cc3C(OC3O[C@@H]5CO[C@@H](C)O[C@H]5[C@H](O)[C@H]3O)[C@H]3COC(=O)[C@H]23)OCO4)cc1OC. The van der Waals surface area contributed by atoms with Gasteiger partial charge in [-0.05, 0) is 54.8 Å². The minimum absolute atomic E-state index is 0.0478. The summed E-state index contributed by atoms with van der Waals surface area (Å²) in [5.41, 5.74) is 2.20. The van der Waals surface area contributed by atoms with Crippen LogP contribution in [0.5, 0.6) is 28.7 Å². The molecule has 238 valence electrons. The molecule has 4 aliphatic heterocycles. The monoisotopic (exact) mass is 616 g/mol. The van der Waals surface area contributed by atoms with Crippen molar-refractivity contribution in [2.75, 3.05) is 40.8 Å². The zero-order valence-electron chi connectivity index (χ0n) is 24.8. The summed E-state index contributed by atoms with van der Waals surface area (Å²) in [5.74, 6) is 0.365. The number of rotatable bonds is 7. The smallest absolute Gasteiger partial charge is 0.310 e. The lowest BCUT2D eigenvalue weighted by molar-refractivity contribution is -0.364. The predicted molar refractivity (Wildman–Crippen MR) is 148 cm³/mol. The van der Waals surface area contributed by atoms with Crippen LogP contribution in [-0.2, 0) is 28.5 Å². The fourth-order valence-electron chi connectivity index (χ4n) is 7.01. The molecule has 13 heteroatoms. The number of carbonyl (C=O) groups is 1. The van der Waals surface area contributed by atoms with Crippen LogP contribution in [0.15, 0.2) is 24.3 Å². The van der Waals surface area contributed by atoms with Crippen molar-refractivity contribution in [3.63, 3.8) is 0 Å². The first kappa shape index (κ1) is 29.4. The summed E-state index contributed by atoms with van der Waals surface area (Å²) in [7, 11) is 3.09. The largest absolute Gasteiger partial charge is 0.493 e. The molecule has 0 spiro atoms. The number of aliphatic hydroxyl groups is 2. The first-order valence-electron chi connectivity index (χ1n) is 14.8. The summed E-state index contributed by atoms with van der Waals surface area (Å²) in [6.45, 7) is 4.27. The van der Waals surface area contributed by atoms with Gasteiger partial charge in [0.05, 0.1) is 46.1 Å². The fraction of sp³-hybridized carbons (Fsp3) is 0.581. The van der Waals surface area contributed by atoms with Gasteiger partial charge in [-0.2, -0.15) is 0 Å². The number of aliphatic hydroxyl groups excluding tert-OH is 2. The van der Waals surface area contributed by atoms with Crippen LogP contribution in [0, 0.1) is 11.8 Å². The lowest BCUT2D eigenvalue weighted by Crippen LogP contribution is -2.63. The maximum absolute atomic E-state index is 13.5. The van der Waals surface area contributed by atoms with E-state index in [4.69, 9.17) is 47.4 Å². The molecule has 0 amide bonds. The van der Waals surface area contributed by atoms with E-state index in [0.29, 0.717) is 40.9 Å². The van der Waals surface area contributed by atoms with Crippen molar-refractivity contribution in [1.29, 1.82) is 0 Å². The first-order chi connectivity index (χ1) is 21.3. The molecule has 2 aromatic rings. The van der Waals surface area contributed by atoms with E-state index in [-0.39, 0.29) is 20.0 Å². The molecule has 2 aromatic carbocycles. The highest BCUT2D eigenvalue weighted by Crippen LogP contribution is 2.57. The molecule has 2 N–H and O–H groups in total. The highest BCUT2D eigenvalue weighted by atomic mass is 16.8. The van der Waals surface area contributed by atoms with Crippen LogP contribution >= 0.6 is 0 Å². The van der Waals surface area contributed by atoms with Gasteiger partial charge in [-0.25, -0.2) is 0 Å². The summed E-state index contributed by atoms with van der Waals surface area (Å²) in [6.07, 6.45) is -6.71. The Labute approximate surface area is 253 Å². The van der Waals surface area contributed by atoms with Crippen molar-refractivity contribution >= 4 is 5.97 Å². The molecule has 7 rings (SSSR count). The lowest BCUT2D eigenvalue weighted by atomic mass is 9.66.